The molecule has 0 saturated carbocycles. The van der Waals surface area contributed by atoms with Gasteiger partial charge in [0.05, 0.1) is 23.6 Å². The van der Waals surface area contributed by atoms with E-state index >= 15 is 0 Å². The Hall–Kier alpha value is -1.64. The Morgan fingerprint density at radius 1 is 1.50 bits per heavy atom. The number of hydrogen-bond acceptors (Lipinski definition) is 2. The van der Waals surface area contributed by atoms with Gasteiger partial charge >= 0.3 is 0 Å². The molecule has 3 heteroatoms. The quantitative estimate of drug-likeness (QED) is 0.691. The molecule has 0 saturated heterocycles. The summed E-state index contributed by atoms with van der Waals surface area (Å²) in [5.41, 5.74) is 3.89. The minimum absolute atomic E-state index is 0.942. The van der Waals surface area contributed by atoms with E-state index in [1.165, 1.54) is 0 Å². The van der Waals surface area contributed by atoms with Gasteiger partial charge in [0.1, 0.15) is 0 Å². The van der Waals surface area contributed by atoms with Crippen LogP contribution in [0.4, 0.5) is 0 Å². The Kier molecular flexibility index (Phi) is 1.43. The zero-order valence-corrected chi connectivity index (χ0v) is 6.83. The molecular weight excluding hydrogens is 150 g/mol. The van der Waals surface area contributed by atoms with E-state index < -0.39 is 0 Å². The average Bonchev–Trinajstić information content (AvgIpc) is 2.49. The van der Waals surface area contributed by atoms with Crippen LogP contribution in [0.2, 0.25) is 0 Å². The van der Waals surface area contributed by atoms with Gasteiger partial charge in [-0.15, -0.1) is 0 Å². The van der Waals surface area contributed by atoms with Crippen molar-refractivity contribution in [3.63, 3.8) is 0 Å². The summed E-state index contributed by atoms with van der Waals surface area (Å²) in [6, 6.07) is 0. The van der Waals surface area contributed by atoms with Crippen LogP contribution in [0.3, 0.4) is 0 Å². The molecule has 2 aromatic heterocycles. The van der Waals surface area contributed by atoms with Crippen molar-refractivity contribution < 1.29 is 0 Å². The van der Waals surface area contributed by atoms with Gasteiger partial charge in [-0.2, -0.15) is 0 Å². The zero-order valence-electron chi connectivity index (χ0n) is 6.83. The first kappa shape index (κ1) is 7.03. The summed E-state index contributed by atoms with van der Waals surface area (Å²) in [5, 5.41) is 0. The number of nitrogens with one attached hydrogen (secondary N) is 1. The SMILES string of the molecule is C=C(C)c1cncc2[nH]cnc12. The molecule has 0 amide bonds. The van der Waals surface area contributed by atoms with Crippen LogP contribution < -0.4 is 0 Å². The summed E-state index contributed by atoms with van der Waals surface area (Å²) >= 11 is 0. The normalized spacial score (nSPS) is 10.4. The maximum atomic E-state index is 4.18. The lowest BCUT2D eigenvalue weighted by Crippen LogP contribution is -1.83. The van der Waals surface area contributed by atoms with Crippen LogP contribution in [0.5, 0.6) is 0 Å². The topological polar surface area (TPSA) is 41.6 Å². The van der Waals surface area contributed by atoms with E-state index in [9.17, 15) is 0 Å². The van der Waals surface area contributed by atoms with Crippen molar-refractivity contribution in [3.8, 4) is 0 Å². The Morgan fingerprint density at radius 2 is 2.33 bits per heavy atom. The van der Waals surface area contributed by atoms with Gasteiger partial charge in [-0.25, -0.2) is 4.98 Å². The number of rotatable bonds is 1. The highest BCUT2D eigenvalue weighted by Gasteiger charge is 2.02. The number of H-pyrrole nitrogens is 1. The Labute approximate surface area is 70.2 Å². The zero-order chi connectivity index (χ0) is 8.55. The predicted octanol–water partition coefficient (Wildman–Crippen LogP) is 1.99. The molecule has 3 nitrogen and oxygen atoms in total. The summed E-state index contributed by atoms with van der Waals surface area (Å²) in [6.07, 6.45) is 5.21. The van der Waals surface area contributed by atoms with Gasteiger partial charge in [-0.3, -0.25) is 4.98 Å². The fraction of sp³-hybridized carbons (Fsp3) is 0.111. The number of nitrogens with zero attached hydrogens (tertiary/aromatic N) is 2. The largest absolute Gasteiger partial charge is 0.343 e. The number of allylic oxidation sites excluding steroid dienone is 1. The van der Waals surface area contributed by atoms with E-state index in [1.54, 1.807) is 18.7 Å². The van der Waals surface area contributed by atoms with E-state index in [-0.39, 0.29) is 0 Å². The van der Waals surface area contributed by atoms with E-state index in [0.29, 0.717) is 0 Å². The number of fused-ring (bicyclic) bond motifs is 1. The molecule has 0 spiro atoms. The number of aromatic amines is 1. The highest BCUT2D eigenvalue weighted by molar-refractivity contribution is 5.86. The molecule has 12 heavy (non-hydrogen) atoms. The van der Waals surface area contributed by atoms with E-state index in [1.807, 2.05) is 6.92 Å². The highest BCUT2D eigenvalue weighted by Crippen LogP contribution is 2.18. The summed E-state index contributed by atoms with van der Waals surface area (Å²) < 4.78 is 0. The van der Waals surface area contributed by atoms with E-state index in [4.69, 9.17) is 0 Å². The molecule has 0 aliphatic rings. The molecule has 2 rings (SSSR count). The molecule has 0 atom stereocenters. The van der Waals surface area contributed by atoms with Crippen LogP contribution in [0, 0.1) is 0 Å². The maximum Gasteiger partial charge on any atom is 0.0988 e. The second kappa shape index (κ2) is 2.44. The van der Waals surface area contributed by atoms with E-state index in [2.05, 4.69) is 21.5 Å². The lowest BCUT2D eigenvalue weighted by atomic mass is 10.1. The molecule has 2 heterocycles. The van der Waals surface area contributed by atoms with E-state index in [0.717, 1.165) is 22.2 Å². The maximum absolute atomic E-state index is 4.18. The predicted molar refractivity (Wildman–Crippen MR) is 48.6 cm³/mol. The molecule has 1 N–H and O–H groups in total. The summed E-state index contributed by atoms with van der Waals surface area (Å²) in [5.74, 6) is 0. The first-order valence-electron chi connectivity index (χ1n) is 3.72. The molecule has 0 aliphatic carbocycles. The van der Waals surface area contributed by atoms with Crippen molar-refractivity contribution in [2.75, 3.05) is 0 Å². The van der Waals surface area contributed by atoms with Gasteiger partial charge in [0.15, 0.2) is 0 Å². The highest BCUT2D eigenvalue weighted by atomic mass is 14.9. The van der Waals surface area contributed by atoms with Crippen molar-refractivity contribution in [1.29, 1.82) is 0 Å². The second-order valence-electron chi connectivity index (χ2n) is 2.77. The summed E-state index contributed by atoms with van der Waals surface area (Å²) in [7, 11) is 0. The first-order valence-corrected chi connectivity index (χ1v) is 3.72. The number of aromatic nitrogens is 3. The number of hydrogen-bond donors (Lipinski definition) is 1. The molecule has 0 aliphatic heterocycles. The van der Waals surface area contributed by atoms with Crippen LogP contribution in [0.1, 0.15) is 12.5 Å². The summed E-state index contributed by atoms with van der Waals surface area (Å²) in [4.78, 5) is 11.3. The number of imidazole rings is 1. The minimum Gasteiger partial charge on any atom is -0.343 e. The van der Waals surface area contributed by atoms with Gasteiger partial charge in [0, 0.05) is 11.8 Å². The third-order valence-corrected chi connectivity index (χ3v) is 1.79. The van der Waals surface area contributed by atoms with Crippen LogP contribution in [-0.2, 0) is 0 Å². The lowest BCUT2D eigenvalue weighted by molar-refractivity contribution is 1.32. The Morgan fingerprint density at radius 3 is 3.08 bits per heavy atom. The van der Waals surface area contributed by atoms with Gasteiger partial charge < -0.3 is 4.98 Å². The van der Waals surface area contributed by atoms with Gasteiger partial charge in [-0.05, 0) is 12.5 Å². The Bertz CT molecular complexity index is 428. The van der Waals surface area contributed by atoms with Crippen LogP contribution in [-0.4, -0.2) is 15.0 Å². The van der Waals surface area contributed by atoms with Crippen LogP contribution in [0.25, 0.3) is 16.6 Å². The van der Waals surface area contributed by atoms with Crippen molar-refractivity contribution in [3.05, 3.63) is 30.9 Å². The van der Waals surface area contributed by atoms with Gasteiger partial charge in [0.25, 0.3) is 0 Å². The van der Waals surface area contributed by atoms with Crippen LogP contribution >= 0.6 is 0 Å². The molecule has 0 aromatic carbocycles. The molecule has 60 valence electrons. The van der Waals surface area contributed by atoms with Crippen molar-refractivity contribution in [2.45, 2.75) is 6.92 Å². The molecule has 0 bridgehead atoms. The van der Waals surface area contributed by atoms with Crippen molar-refractivity contribution in [1.82, 2.24) is 15.0 Å². The fourth-order valence-electron chi connectivity index (χ4n) is 1.18. The fourth-order valence-corrected chi connectivity index (χ4v) is 1.18. The third-order valence-electron chi connectivity index (χ3n) is 1.79. The molecule has 0 unspecified atom stereocenters. The molecule has 0 fully saturated rings. The smallest absolute Gasteiger partial charge is 0.0988 e. The van der Waals surface area contributed by atoms with Gasteiger partial charge in [0.2, 0.25) is 0 Å². The van der Waals surface area contributed by atoms with Crippen molar-refractivity contribution in [2.24, 2.45) is 0 Å². The lowest BCUT2D eigenvalue weighted by Gasteiger charge is -1.98. The average molecular weight is 159 g/mol. The monoisotopic (exact) mass is 159 g/mol. The summed E-state index contributed by atoms with van der Waals surface area (Å²) in [6.45, 7) is 5.81. The second-order valence-corrected chi connectivity index (χ2v) is 2.77. The van der Waals surface area contributed by atoms with Crippen LogP contribution in [0.15, 0.2) is 25.3 Å². The number of pyridine rings is 1. The first-order chi connectivity index (χ1) is 5.79. The standard InChI is InChI=1S/C9H9N3/c1-6(2)7-3-10-4-8-9(7)12-5-11-8/h3-5H,1H2,2H3,(H,11,12). The minimum atomic E-state index is 0.942. The van der Waals surface area contributed by atoms with Gasteiger partial charge in [-0.1, -0.05) is 6.58 Å². The third kappa shape index (κ3) is 0.906. The van der Waals surface area contributed by atoms with Crippen molar-refractivity contribution >= 4 is 16.6 Å². The molecule has 0 radical (unpaired) electrons. The molecular formula is C9H9N3. The Balaban J connectivity index is 2.82. The molecule has 2 aromatic rings.